The van der Waals surface area contributed by atoms with Crippen LogP contribution in [0.25, 0.3) is 5.76 Å². The SMILES string of the molecule is C=C(OC)c1cc(C)ccc1CCCC. The smallest absolute Gasteiger partial charge is 0.119 e. The summed E-state index contributed by atoms with van der Waals surface area (Å²) in [5.41, 5.74) is 3.75. The van der Waals surface area contributed by atoms with Crippen molar-refractivity contribution in [1.29, 1.82) is 0 Å². The molecule has 0 radical (unpaired) electrons. The van der Waals surface area contributed by atoms with Crippen molar-refractivity contribution in [3.8, 4) is 0 Å². The van der Waals surface area contributed by atoms with Gasteiger partial charge in [-0.15, -0.1) is 0 Å². The molecule has 0 aliphatic carbocycles. The highest BCUT2D eigenvalue weighted by molar-refractivity contribution is 5.61. The van der Waals surface area contributed by atoms with Gasteiger partial charge in [0.2, 0.25) is 0 Å². The van der Waals surface area contributed by atoms with Crippen molar-refractivity contribution in [2.24, 2.45) is 0 Å². The molecule has 1 rings (SSSR count). The number of ether oxygens (including phenoxy) is 1. The molecular weight excluding hydrogens is 184 g/mol. The van der Waals surface area contributed by atoms with Crippen molar-refractivity contribution < 1.29 is 4.74 Å². The molecule has 1 aromatic rings. The molecule has 0 spiro atoms. The minimum Gasteiger partial charge on any atom is -0.497 e. The van der Waals surface area contributed by atoms with E-state index in [-0.39, 0.29) is 0 Å². The predicted molar refractivity (Wildman–Crippen MR) is 65.8 cm³/mol. The van der Waals surface area contributed by atoms with E-state index in [0.29, 0.717) is 0 Å². The average molecular weight is 204 g/mol. The molecule has 0 bridgehead atoms. The third-order valence-electron chi connectivity index (χ3n) is 2.61. The minimum atomic E-state index is 0.768. The topological polar surface area (TPSA) is 9.23 Å². The van der Waals surface area contributed by atoms with Crippen molar-refractivity contribution in [3.63, 3.8) is 0 Å². The summed E-state index contributed by atoms with van der Waals surface area (Å²) in [6, 6.07) is 6.48. The largest absolute Gasteiger partial charge is 0.497 e. The Labute approximate surface area is 92.8 Å². The van der Waals surface area contributed by atoms with E-state index in [1.165, 1.54) is 24.0 Å². The van der Waals surface area contributed by atoms with Gasteiger partial charge in [0, 0.05) is 5.56 Å². The molecule has 0 unspecified atom stereocenters. The molecule has 0 atom stereocenters. The van der Waals surface area contributed by atoms with Gasteiger partial charge in [-0.1, -0.05) is 37.6 Å². The van der Waals surface area contributed by atoms with Crippen molar-refractivity contribution in [2.75, 3.05) is 7.11 Å². The van der Waals surface area contributed by atoms with Gasteiger partial charge in [0.15, 0.2) is 0 Å². The maximum Gasteiger partial charge on any atom is 0.119 e. The number of unbranched alkanes of at least 4 members (excludes halogenated alkanes) is 1. The molecule has 0 saturated heterocycles. The lowest BCUT2D eigenvalue weighted by Crippen LogP contribution is -1.95. The van der Waals surface area contributed by atoms with Crippen molar-refractivity contribution in [1.82, 2.24) is 0 Å². The van der Waals surface area contributed by atoms with Gasteiger partial charge in [0.25, 0.3) is 0 Å². The molecule has 0 fully saturated rings. The van der Waals surface area contributed by atoms with Crippen LogP contribution in [0.4, 0.5) is 0 Å². The van der Waals surface area contributed by atoms with Crippen LogP contribution in [0.3, 0.4) is 0 Å². The third-order valence-corrected chi connectivity index (χ3v) is 2.61. The lowest BCUT2D eigenvalue weighted by atomic mass is 9.99. The normalized spacial score (nSPS) is 10.1. The Morgan fingerprint density at radius 3 is 2.73 bits per heavy atom. The first-order valence-corrected chi connectivity index (χ1v) is 5.51. The molecule has 0 aliphatic heterocycles. The summed E-state index contributed by atoms with van der Waals surface area (Å²) < 4.78 is 5.22. The van der Waals surface area contributed by atoms with Gasteiger partial charge < -0.3 is 4.74 Å². The number of benzene rings is 1. The number of hydrogen-bond donors (Lipinski definition) is 0. The average Bonchev–Trinajstić information content (AvgIpc) is 2.26. The summed E-state index contributed by atoms with van der Waals surface area (Å²) in [7, 11) is 1.67. The third kappa shape index (κ3) is 3.12. The highest BCUT2D eigenvalue weighted by Crippen LogP contribution is 2.21. The number of aryl methyl sites for hydroxylation is 2. The van der Waals surface area contributed by atoms with E-state index < -0.39 is 0 Å². The van der Waals surface area contributed by atoms with Gasteiger partial charge in [-0.2, -0.15) is 0 Å². The second-order valence-electron chi connectivity index (χ2n) is 3.89. The van der Waals surface area contributed by atoms with Crippen molar-refractivity contribution in [3.05, 3.63) is 41.5 Å². The number of methoxy groups -OCH3 is 1. The Hall–Kier alpha value is -1.24. The van der Waals surface area contributed by atoms with E-state index in [1.54, 1.807) is 7.11 Å². The van der Waals surface area contributed by atoms with E-state index in [9.17, 15) is 0 Å². The van der Waals surface area contributed by atoms with Crippen LogP contribution in [0.15, 0.2) is 24.8 Å². The fourth-order valence-electron chi connectivity index (χ4n) is 1.65. The number of hydrogen-bond acceptors (Lipinski definition) is 1. The summed E-state index contributed by atoms with van der Waals surface area (Å²) in [4.78, 5) is 0. The lowest BCUT2D eigenvalue weighted by Gasteiger charge is -2.11. The standard InChI is InChI=1S/C14H20O/c1-5-6-7-13-9-8-11(2)10-14(13)12(3)15-4/h8-10H,3,5-7H2,1-2,4H3. The summed E-state index contributed by atoms with van der Waals surface area (Å²) in [5, 5.41) is 0. The van der Waals surface area contributed by atoms with Gasteiger partial charge in [-0.05, 0) is 31.4 Å². The van der Waals surface area contributed by atoms with Crippen LogP contribution in [0, 0.1) is 6.92 Å². The molecular formula is C14H20O. The highest BCUT2D eigenvalue weighted by Gasteiger charge is 2.06. The molecule has 0 amide bonds. The Morgan fingerprint density at radius 1 is 1.40 bits per heavy atom. The monoisotopic (exact) mass is 204 g/mol. The second kappa shape index (κ2) is 5.59. The first-order chi connectivity index (χ1) is 7.19. The van der Waals surface area contributed by atoms with Crippen LogP contribution < -0.4 is 0 Å². The zero-order valence-electron chi connectivity index (χ0n) is 9.97. The Balaban J connectivity index is 2.97. The minimum absolute atomic E-state index is 0.768. The quantitative estimate of drug-likeness (QED) is 0.660. The lowest BCUT2D eigenvalue weighted by molar-refractivity contribution is 0.371. The fourth-order valence-corrected chi connectivity index (χ4v) is 1.65. The summed E-state index contributed by atoms with van der Waals surface area (Å²) >= 11 is 0. The zero-order chi connectivity index (χ0) is 11.3. The van der Waals surface area contributed by atoms with E-state index in [2.05, 4.69) is 38.6 Å². The summed E-state index contributed by atoms with van der Waals surface area (Å²) in [6.45, 7) is 8.23. The van der Waals surface area contributed by atoms with Gasteiger partial charge in [0.1, 0.15) is 5.76 Å². The number of rotatable bonds is 5. The maximum atomic E-state index is 5.22. The Morgan fingerprint density at radius 2 is 2.13 bits per heavy atom. The van der Waals surface area contributed by atoms with Crippen molar-refractivity contribution in [2.45, 2.75) is 33.1 Å². The van der Waals surface area contributed by atoms with Crippen LogP contribution in [0.1, 0.15) is 36.5 Å². The molecule has 15 heavy (non-hydrogen) atoms. The predicted octanol–water partition coefficient (Wildman–Crippen LogP) is 3.95. The molecule has 0 N–H and O–H groups in total. The van der Waals surface area contributed by atoms with E-state index >= 15 is 0 Å². The first-order valence-electron chi connectivity index (χ1n) is 5.51. The summed E-state index contributed by atoms with van der Waals surface area (Å²) in [5.74, 6) is 0.768. The maximum absolute atomic E-state index is 5.22. The molecule has 0 aromatic heterocycles. The highest BCUT2D eigenvalue weighted by atomic mass is 16.5. The van der Waals surface area contributed by atoms with Crippen molar-refractivity contribution >= 4 is 5.76 Å². The van der Waals surface area contributed by atoms with Crippen LogP contribution in [-0.2, 0) is 11.2 Å². The molecule has 0 saturated carbocycles. The van der Waals surface area contributed by atoms with Gasteiger partial charge in [0.05, 0.1) is 7.11 Å². The molecule has 82 valence electrons. The molecule has 0 aliphatic rings. The molecule has 1 heteroatoms. The second-order valence-corrected chi connectivity index (χ2v) is 3.89. The Bertz CT molecular complexity index is 339. The van der Waals surface area contributed by atoms with Gasteiger partial charge in [-0.3, -0.25) is 0 Å². The zero-order valence-corrected chi connectivity index (χ0v) is 9.97. The van der Waals surface area contributed by atoms with Crippen LogP contribution in [0.5, 0.6) is 0 Å². The Kier molecular flexibility index (Phi) is 4.41. The molecule has 1 nitrogen and oxygen atoms in total. The van der Waals surface area contributed by atoms with Crippen LogP contribution in [0.2, 0.25) is 0 Å². The fraction of sp³-hybridized carbons (Fsp3) is 0.429. The van der Waals surface area contributed by atoms with E-state index in [0.717, 1.165) is 17.7 Å². The van der Waals surface area contributed by atoms with Crippen LogP contribution in [-0.4, -0.2) is 7.11 Å². The molecule has 1 aromatic carbocycles. The first kappa shape index (κ1) is 11.8. The van der Waals surface area contributed by atoms with E-state index in [4.69, 9.17) is 4.74 Å². The van der Waals surface area contributed by atoms with E-state index in [1.807, 2.05) is 0 Å². The molecule has 0 heterocycles. The van der Waals surface area contributed by atoms with Gasteiger partial charge >= 0.3 is 0 Å². The van der Waals surface area contributed by atoms with Crippen LogP contribution >= 0.6 is 0 Å². The summed E-state index contributed by atoms with van der Waals surface area (Å²) in [6.07, 6.45) is 3.54. The van der Waals surface area contributed by atoms with Gasteiger partial charge in [-0.25, -0.2) is 0 Å².